The number of hydrogen-bond acceptors (Lipinski definition) is 2. The second-order valence-electron chi connectivity index (χ2n) is 14.8. The molecule has 62 heavy (non-hydrogen) atoms. The Kier molecular flexibility index (Phi) is 13.8. The number of rotatable bonds is 13. The highest BCUT2D eigenvalue weighted by Crippen LogP contribution is 2.35. The van der Waals surface area contributed by atoms with E-state index in [-0.39, 0.29) is 0 Å². The van der Waals surface area contributed by atoms with E-state index in [2.05, 4.69) is 188 Å². The van der Waals surface area contributed by atoms with Gasteiger partial charge in [0.1, 0.15) is 5.84 Å². The first-order chi connectivity index (χ1) is 30.4. The summed E-state index contributed by atoms with van der Waals surface area (Å²) in [4.78, 5) is 5.02. The molecule has 0 bridgehead atoms. The van der Waals surface area contributed by atoms with Crippen LogP contribution in [0.4, 0.5) is 17.1 Å². The zero-order chi connectivity index (χ0) is 43.3. The molecule has 0 saturated heterocycles. The summed E-state index contributed by atoms with van der Waals surface area (Å²) in [6.07, 6.45) is 18.7. The van der Waals surface area contributed by atoms with E-state index in [9.17, 15) is 0 Å². The number of anilines is 2. The van der Waals surface area contributed by atoms with Gasteiger partial charge in [0.25, 0.3) is 0 Å². The van der Waals surface area contributed by atoms with Gasteiger partial charge in [-0.15, -0.1) is 6.58 Å². The van der Waals surface area contributed by atoms with E-state index >= 15 is 0 Å². The number of fused-ring (bicyclic) bond motifs is 4. The predicted molar refractivity (Wildman–Crippen MR) is 272 cm³/mol. The largest absolute Gasteiger partial charge is 0.383 e. The molecule has 0 amide bonds. The molecule has 1 aromatic heterocycles. The molecule has 0 atom stereocenters. The number of nitrogens with one attached hydrogen (secondary N) is 1. The lowest BCUT2D eigenvalue weighted by molar-refractivity contribution is 1.19. The number of benzene rings is 7. The maximum absolute atomic E-state index is 6.58. The van der Waals surface area contributed by atoms with Crippen molar-refractivity contribution in [2.75, 3.05) is 5.32 Å². The van der Waals surface area contributed by atoms with Gasteiger partial charge in [-0.05, 0) is 96.0 Å². The molecule has 0 aliphatic heterocycles. The first-order valence-corrected chi connectivity index (χ1v) is 20.9. The maximum atomic E-state index is 6.58. The molecule has 0 aliphatic rings. The summed E-state index contributed by atoms with van der Waals surface area (Å²) in [6.45, 7) is 15.6. The summed E-state index contributed by atoms with van der Waals surface area (Å²) in [5.74, 6) is 0.497. The van der Waals surface area contributed by atoms with Crippen LogP contribution in [0.2, 0.25) is 0 Å². The van der Waals surface area contributed by atoms with Gasteiger partial charge in [-0.25, -0.2) is 4.99 Å². The molecular weight excluding hydrogens is 753 g/mol. The van der Waals surface area contributed by atoms with Crippen LogP contribution in [0.3, 0.4) is 0 Å². The maximum Gasteiger partial charge on any atom is 0.131 e. The van der Waals surface area contributed by atoms with Gasteiger partial charge in [0.2, 0.25) is 0 Å². The summed E-state index contributed by atoms with van der Waals surface area (Å²) in [7, 11) is 0. The fraction of sp³-hybridized carbons (Fsp3) is 0.0517. The Morgan fingerprint density at radius 3 is 2.19 bits per heavy atom. The van der Waals surface area contributed by atoms with E-state index in [0.717, 1.165) is 72.3 Å². The van der Waals surface area contributed by atoms with Gasteiger partial charge in [-0.1, -0.05) is 177 Å². The van der Waals surface area contributed by atoms with Crippen molar-refractivity contribution in [1.29, 1.82) is 0 Å². The molecule has 8 aromatic rings. The Morgan fingerprint density at radius 1 is 0.661 bits per heavy atom. The number of aliphatic imine (C=N–C) groups is 1. The molecule has 1 heterocycles. The number of nitrogens with zero attached hydrogens (tertiary/aromatic N) is 2. The zero-order valence-electron chi connectivity index (χ0n) is 35.5. The second kappa shape index (κ2) is 20.3. The summed E-state index contributed by atoms with van der Waals surface area (Å²) in [5.41, 5.74) is 19.2. The SMILES string of the molecule is C=C/C=C\C=C/n1c2ccccc2c2cc(C(/C=C\C(=C)c3ccccc3Nc3cccc(Cc4ccc5ccccc5c4N=C(N)c4ccccc4)c3)=C/C)ccc21.C=CC. The van der Waals surface area contributed by atoms with Crippen molar-refractivity contribution in [1.82, 2.24) is 4.57 Å². The minimum Gasteiger partial charge on any atom is -0.383 e. The van der Waals surface area contributed by atoms with Crippen molar-refractivity contribution in [3.63, 3.8) is 0 Å². The van der Waals surface area contributed by atoms with E-state index in [1.165, 1.54) is 16.3 Å². The normalized spacial score (nSPS) is 12.0. The van der Waals surface area contributed by atoms with Crippen LogP contribution in [-0.2, 0) is 6.42 Å². The minimum atomic E-state index is 0.497. The first-order valence-electron chi connectivity index (χ1n) is 20.9. The highest BCUT2D eigenvalue weighted by molar-refractivity contribution is 6.10. The fourth-order valence-electron chi connectivity index (χ4n) is 7.64. The molecular formula is C58H52N4. The Morgan fingerprint density at radius 2 is 1.39 bits per heavy atom. The Balaban J connectivity index is 0.00000187. The van der Waals surface area contributed by atoms with Crippen molar-refractivity contribution < 1.29 is 0 Å². The molecule has 0 spiro atoms. The molecule has 4 nitrogen and oxygen atoms in total. The van der Waals surface area contributed by atoms with Gasteiger partial charge in [0, 0.05) is 44.9 Å². The van der Waals surface area contributed by atoms with Gasteiger partial charge >= 0.3 is 0 Å². The molecule has 4 heteroatoms. The van der Waals surface area contributed by atoms with Crippen LogP contribution in [0.25, 0.3) is 49.9 Å². The molecule has 0 saturated carbocycles. The van der Waals surface area contributed by atoms with Gasteiger partial charge in [0.15, 0.2) is 0 Å². The van der Waals surface area contributed by atoms with Gasteiger partial charge in [-0.2, -0.15) is 0 Å². The highest BCUT2D eigenvalue weighted by atomic mass is 15.0. The molecule has 0 fully saturated rings. The molecule has 8 rings (SSSR count). The van der Waals surface area contributed by atoms with Crippen LogP contribution >= 0.6 is 0 Å². The van der Waals surface area contributed by atoms with Gasteiger partial charge in [0.05, 0.1) is 16.7 Å². The lowest BCUT2D eigenvalue weighted by atomic mass is 9.98. The smallest absolute Gasteiger partial charge is 0.131 e. The van der Waals surface area contributed by atoms with E-state index in [0.29, 0.717) is 12.3 Å². The van der Waals surface area contributed by atoms with E-state index in [4.69, 9.17) is 10.7 Å². The number of allylic oxidation sites excluding steroid dienone is 10. The highest BCUT2D eigenvalue weighted by Gasteiger charge is 2.13. The molecule has 304 valence electrons. The average Bonchev–Trinajstić information content (AvgIpc) is 3.62. The summed E-state index contributed by atoms with van der Waals surface area (Å²) >= 11 is 0. The minimum absolute atomic E-state index is 0.497. The third-order valence-corrected chi connectivity index (χ3v) is 10.6. The van der Waals surface area contributed by atoms with Crippen LogP contribution in [0, 0.1) is 0 Å². The zero-order valence-corrected chi connectivity index (χ0v) is 35.5. The van der Waals surface area contributed by atoms with Crippen LogP contribution in [0.1, 0.15) is 41.7 Å². The van der Waals surface area contributed by atoms with Gasteiger partial charge in [-0.3, -0.25) is 0 Å². The van der Waals surface area contributed by atoms with Crippen LogP contribution < -0.4 is 11.1 Å². The second-order valence-corrected chi connectivity index (χ2v) is 14.8. The molecule has 7 aromatic carbocycles. The number of nitrogens with two attached hydrogens (primary N) is 1. The summed E-state index contributed by atoms with van der Waals surface area (Å²) in [6, 6.07) is 54.7. The van der Waals surface area contributed by atoms with E-state index < -0.39 is 0 Å². The first kappa shape index (κ1) is 42.2. The molecule has 0 aliphatic carbocycles. The van der Waals surface area contributed by atoms with Crippen LogP contribution in [0.5, 0.6) is 0 Å². The van der Waals surface area contributed by atoms with Crippen LogP contribution in [0.15, 0.2) is 231 Å². The summed E-state index contributed by atoms with van der Waals surface area (Å²) < 4.78 is 2.24. The summed E-state index contributed by atoms with van der Waals surface area (Å²) in [5, 5.41) is 8.33. The lowest BCUT2D eigenvalue weighted by Crippen LogP contribution is -2.12. The average molecular weight is 805 g/mol. The van der Waals surface area contributed by atoms with Crippen molar-refractivity contribution in [2.45, 2.75) is 20.3 Å². The third kappa shape index (κ3) is 9.73. The van der Waals surface area contributed by atoms with E-state index in [1.54, 1.807) is 12.2 Å². The van der Waals surface area contributed by atoms with E-state index in [1.807, 2.05) is 55.5 Å². The monoisotopic (exact) mass is 804 g/mol. The third-order valence-electron chi connectivity index (χ3n) is 10.6. The van der Waals surface area contributed by atoms with Crippen molar-refractivity contribution in [3.8, 4) is 0 Å². The molecule has 0 radical (unpaired) electrons. The number of aromatic nitrogens is 1. The van der Waals surface area contributed by atoms with Crippen molar-refractivity contribution in [2.24, 2.45) is 10.7 Å². The predicted octanol–water partition coefficient (Wildman–Crippen LogP) is 15.4. The Bertz CT molecular complexity index is 3040. The number of hydrogen-bond donors (Lipinski definition) is 2. The quantitative estimate of drug-likeness (QED) is 0.0528. The molecule has 3 N–H and O–H groups in total. The topological polar surface area (TPSA) is 55.3 Å². The van der Waals surface area contributed by atoms with Crippen molar-refractivity contribution in [3.05, 3.63) is 254 Å². The lowest BCUT2D eigenvalue weighted by Gasteiger charge is -2.15. The molecule has 0 unspecified atom stereocenters. The van der Waals surface area contributed by atoms with Crippen LogP contribution in [-0.4, -0.2) is 10.4 Å². The van der Waals surface area contributed by atoms with Gasteiger partial charge < -0.3 is 15.6 Å². The fourth-order valence-corrected chi connectivity index (χ4v) is 7.64. The Labute approximate surface area is 366 Å². The standard InChI is InChI=1S/C55H46N4.C3H6/c1-4-6-7-17-35-59-52-28-16-14-26-49(52)50-38-44(33-34-53(50)59)41(5-2)30-29-39(3)47-24-13-15-27-51(47)57-46-23-18-19-40(37-46)36-45-32-31-42-20-11-12-25-48(42)54(45)58-55(56)43-21-9-8-10-22-43;1-3-2/h4-35,37-38,57H,1,3,36H2,2H3,(H2,56,58);3H,1H2,2H3/b7-6-,30-29-,35-17-,41-5+;. The Hall–Kier alpha value is -7.95. The van der Waals surface area contributed by atoms with Crippen molar-refractivity contribution >= 4 is 72.8 Å². The number of amidine groups is 1. The number of para-hydroxylation sites is 2.